The average molecular weight is 297 g/mol. The van der Waals surface area contributed by atoms with Gasteiger partial charge in [-0.1, -0.05) is 0 Å². The van der Waals surface area contributed by atoms with E-state index in [2.05, 4.69) is 28.6 Å². The van der Waals surface area contributed by atoms with Crippen LogP contribution in [0.15, 0.2) is 0 Å². The van der Waals surface area contributed by atoms with Gasteiger partial charge in [-0.3, -0.25) is 4.90 Å². The first-order valence-electron chi connectivity index (χ1n) is 7.13. The monoisotopic (exact) mass is 297 g/mol. The van der Waals surface area contributed by atoms with Gasteiger partial charge in [0, 0.05) is 18.6 Å². The molecule has 112 valence electrons. The van der Waals surface area contributed by atoms with Crippen LogP contribution >= 0.6 is 11.5 Å². The van der Waals surface area contributed by atoms with E-state index in [4.69, 9.17) is 4.74 Å². The van der Waals surface area contributed by atoms with Crippen molar-refractivity contribution < 1.29 is 9.53 Å². The number of likely N-dealkylation sites (N-methyl/N-ethyl adjacent to an activating group) is 1. The zero-order valence-corrected chi connectivity index (χ0v) is 13.4. The molecule has 1 aromatic heterocycles. The number of hydrogen-bond acceptors (Lipinski definition) is 6. The quantitative estimate of drug-likeness (QED) is 0.784. The lowest BCUT2D eigenvalue weighted by Crippen LogP contribution is -2.36. The second kappa shape index (κ2) is 6.54. The third-order valence-electron chi connectivity index (χ3n) is 3.72. The number of esters is 1. The first-order chi connectivity index (χ1) is 9.54. The summed E-state index contributed by atoms with van der Waals surface area (Å²) in [6.45, 7) is 7.04. The zero-order chi connectivity index (χ0) is 14.7. The van der Waals surface area contributed by atoms with Crippen LogP contribution in [0.1, 0.15) is 42.7 Å². The average Bonchev–Trinajstić information content (AvgIpc) is 3.19. The number of nitrogens with one attached hydrogen (secondary N) is 1. The Morgan fingerprint density at radius 3 is 2.90 bits per heavy atom. The van der Waals surface area contributed by atoms with Crippen LogP contribution in [0.5, 0.6) is 0 Å². The lowest BCUT2D eigenvalue weighted by molar-refractivity contribution is 0.0527. The molecule has 1 aromatic rings. The molecule has 0 spiro atoms. The van der Waals surface area contributed by atoms with E-state index in [-0.39, 0.29) is 5.97 Å². The molecule has 20 heavy (non-hydrogen) atoms. The summed E-state index contributed by atoms with van der Waals surface area (Å²) in [5, 5.41) is 4.17. The highest BCUT2D eigenvalue weighted by Gasteiger charge is 2.29. The normalized spacial score (nSPS) is 16.2. The minimum absolute atomic E-state index is 0.288. The van der Waals surface area contributed by atoms with Crippen molar-refractivity contribution in [3.8, 4) is 0 Å². The molecule has 2 rings (SSSR count). The van der Waals surface area contributed by atoms with Crippen molar-refractivity contribution in [3.05, 3.63) is 11.3 Å². The van der Waals surface area contributed by atoms with Crippen molar-refractivity contribution in [2.45, 2.75) is 45.7 Å². The van der Waals surface area contributed by atoms with Gasteiger partial charge in [0.1, 0.15) is 10.6 Å². The molecule has 0 saturated heterocycles. The van der Waals surface area contributed by atoms with Gasteiger partial charge in [0.05, 0.1) is 12.3 Å². The smallest absolute Gasteiger partial charge is 0.343 e. The van der Waals surface area contributed by atoms with Gasteiger partial charge in [-0.2, -0.15) is 4.37 Å². The molecule has 0 aromatic carbocycles. The summed E-state index contributed by atoms with van der Waals surface area (Å²) in [5.41, 5.74) is 1.32. The Kier molecular flexibility index (Phi) is 4.99. The standard InChI is InChI=1S/C14H23N3O2S/c1-5-19-14(18)12-10(3)16-20-13(12)15-8-9(2)17(4)11-6-7-11/h9,11,15H,5-8H2,1-4H3. The maximum Gasteiger partial charge on any atom is 0.343 e. The van der Waals surface area contributed by atoms with Crippen molar-refractivity contribution in [2.75, 3.05) is 25.5 Å². The van der Waals surface area contributed by atoms with Crippen LogP contribution in [0.25, 0.3) is 0 Å². The highest BCUT2D eigenvalue weighted by atomic mass is 32.1. The minimum Gasteiger partial charge on any atom is -0.462 e. The summed E-state index contributed by atoms with van der Waals surface area (Å²) in [7, 11) is 2.16. The van der Waals surface area contributed by atoms with Gasteiger partial charge in [0.25, 0.3) is 0 Å². The fraction of sp³-hybridized carbons (Fsp3) is 0.714. The molecule has 0 bridgehead atoms. The predicted octanol–water partition coefficient (Wildman–Crippen LogP) is 2.52. The van der Waals surface area contributed by atoms with Gasteiger partial charge < -0.3 is 10.1 Å². The fourth-order valence-electron chi connectivity index (χ4n) is 2.16. The summed E-state index contributed by atoms with van der Waals surface area (Å²) in [4.78, 5) is 14.3. The van der Waals surface area contributed by atoms with E-state index in [1.165, 1.54) is 24.4 Å². The van der Waals surface area contributed by atoms with E-state index < -0.39 is 0 Å². The Bertz CT molecular complexity index is 471. The number of hydrogen-bond donors (Lipinski definition) is 1. The van der Waals surface area contributed by atoms with Crippen molar-refractivity contribution in [1.82, 2.24) is 9.27 Å². The number of rotatable bonds is 7. The number of carbonyl (C=O) groups is 1. The molecule has 1 heterocycles. The van der Waals surface area contributed by atoms with E-state index in [0.717, 1.165) is 23.3 Å². The Morgan fingerprint density at radius 1 is 1.60 bits per heavy atom. The highest BCUT2D eigenvalue weighted by Crippen LogP contribution is 2.28. The van der Waals surface area contributed by atoms with Crippen molar-refractivity contribution in [2.24, 2.45) is 0 Å². The van der Waals surface area contributed by atoms with Crippen LogP contribution in [0.4, 0.5) is 5.00 Å². The number of carbonyl (C=O) groups excluding carboxylic acids is 1. The number of nitrogens with zero attached hydrogens (tertiary/aromatic N) is 2. The second-order valence-corrected chi connectivity index (χ2v) is 6.09. The zero-order valence-electron chi connectivity index (χ0n) is 12.6. The molecule has 6 heteroatoms. The van der Waals surface area contributed by atoms with Crippen LogP contribution in [0.2, 0.25) is 0 Å². The van der Waals surface area contributed by atoms with E-state index in [1.807, 2.05) is 13.8 Å². The number of aryl methyl sites for hydroxylation is 1. The van der Waals surface area contributed by atoms with Gasteiger partial charge in [-0.05, 0) is 52.2 Å². The number of aromatic nitrogens is 1. The first-order valence-corrected chi connectivity index (χ1v) is 7.91. The van der Waals surface area contributed by atoms with E-state index in [9.17, 15) is 4.79 Å². The van der Waals surface area contributed by atoms with Crippen molar-refractivity contribution in [1.29, 1.82) is 0 Å². The van der Waals surface area contributed by atoms with Gasteiger partial charge in [0.15, 0.2) is 0 Å². The fourth-order valence-corrected chi connectivity index (χ4v) is 2.95. The molecule has 5 nitrogen and oxygen atoms in total. The molecule has 1 unspecified atom stereocenters. The Labute approximate surface area is 124 Å². The topological polar surface area (TPSA) is 54.5 Å². The summed E-state index contributed by atoms with van der Waals surface area (Å²) in [6.07, 6.45) is 2.60. The molecule has 0 radical (unpaired) electrons. The van der Waals surface area contributed by atoms with Gasteiger partial charge in [-0.15, -0.1) is 0 Å². The molecule has 1 aliphatic rings. The van der Waals surface area contributed by atoms with Crippen LogP contribution in [0.3, 0.4) is 0 Å². The third kappa shape index (κ3) is 3.49. The SMILES string of the molecule is CCOC(=O)c1c(C)nsc1NCC(C)N(C)C1CC1. The van der Waals surface area contributed by atoms with Crippen molar-refractivity contribution in [3.63, 3.8) is 0 Å². The van der Waals surface area contributed by atoms with E-state index in [0.29, 0.717) is 18.2 Å². The van der Waals surface area contributed by atoms with Crippen LogP contribution in [0, 0.1) is 6.92 Å². The van der Waals surface area contributed by atoms with Crippen LogP contribution in [-0.4, -0.2) is 47.5 Å². The number of ether oxygens (including phenoxy) is 1. The second-order valence-electron chi connectivity index (χ2n) is 5.32. The van der Waals surface area contributed by atoms with Gasteiger partial charge in [0.2, 0.25) is 0 Å². The Balaban J connectivity index is 1.97. The van der Waals surface area contributed by atoms with E-state index in [1.54, 1.807) is 0 Å². The molecule has 1 N–H and O–H groups in total. The van der Waals surface area contributed by atoms with Gasteiger partial charge >= 0.3 is 5.97 Å². The summed E-state index contributed by atoms with van der Waals surface area (Å²) < 4.78 is 9.34. The third-order valence-corrected chi connectivity index (χ3v) is 4.61. The Morgan fingerprint density at radius 2 is 2.30 bits per heavy atom. The lowest BCUT2D eigenvalue weighted by Gasteiger charge is -2.24. The lowest BCUT2D eigenvalue weighted by atomic mass is 10.2. The molecular formula is C14H23N3O2S. The summed E-state index contributed by atoms with van der Waals surface area (Å²) >= 11 is 1.33. The largest absolute Gasteiger partial charge is 0.462 e. The molecule has 1 fully saturated rings. The summed E-state index contributed by atoms with van der Waals surface area (Å²) in [5.74, 6) is -0.288. The molecule has 1 saturated carbocycles. The van der Waals surface area contributed by atoms with Crippen molar-refractivity contribution >= 4 is 22.5 Å². The predicted molar refractivity (Wildman–Crippen MR) is 81.5 cm³/mol. The molecule has 0 aliphatic heterocycles. The molecule has 1 aliphatic carbocycles. The Hall–Kier alpha value is -1.14. The first kappa shape index (κ1) is 15.3. The molecular weight excluding hydrogens is 274 g/mol. The van der Waals surface area contributed by atoms with Crippen LogP contribution < -0.4 is 5.32 Å². The molecule has 0 amide bonds. The van der Waals surface area contributed by atoms with E-state index >= 15 is 0 Å². The number of anilines is 1. The molecule has 1 atom stereocenters. The summed E-state index contributed by atoms with van der Waals surface area (Å²) in [6, 6.07) is 1.17. The van der Waals surface area contributed by atoms with Gasteiger partial charge in [-0.25, -0.2) is 4.79 Å². The minimum atomic E-state index is -0.288. The van der Waals surface area contributed by atoms with Crippen LogP contribution in [-0.2, 0) is 4.74 Å². The highest BCUT2D eigenvalue weighted by molar-refractivity contribution is 7.10. The maximum absolute atomic E-state index is 11.9. The maximum atomic E-state index is 11.9.